The number of amides is 3. The van der Waals surface area contributed by atoms with Crippen LogP contribution in [0.2, 0.25) is 0 Å². The average Bonchev–Trinajstić information content (AvgIpc) is 2.19. The standard InChI is InChI=1S/C10H20N4O2/c1-7-6-14(4-2-8(7)11)5-3-9(15)13-10(12)16/h7-8H,2-6,11H2,1H3,(H3,12,13,15,16). The predicted molar refractivity (Wildman–Crippen MR) is 60.5 cm³/mol. The van der Waals surface area contributed by atoms with Crippen LogP contribution < -0.4 is 16.8 Å². The number of imide groups is 1. The fourth-order valence-electron chi connectivity index (χ4n) is 1.91. The molecule has 5 N–H and O–H groups in total. The summed E-state index contributed by atoms with van der Waals surface area (Å²) in [6.45, 7) is 4.58. The summed E-state index contributed by atoms with van der Waals surface area (Å²) in [6, 6.07) is -0.533. The molecule has 2 atom stereocenters. The van der Waals surface area contributed by atoms with Crippen LogP contribution in [0.4, 0.5) is 4.79 Å². The zero-order valence-electron chi connectivity index (χ0n) is 9.61. The molecule has 16 heavy (non-hydrogen) atoms. The molecule has 0 aromatic rings. The molecule has 1 aliphatic rings. The first-order valence-electron chi connectivity index (χ1n) is 5.56. The van der Waals surface area contributed by atoms with Crippen LogP contribution in [-0.2, 0) is 4.79 Å². The van der Waals surface area contributed by atoms with Crippen molar-refractivity contribution in [1.29, 1.82) is 0 Å². The number of urea groups is 1. The molecule has 92 valence electrons. The van der Waals surface area contributed by atoms with E-state index >= 15 is 0 Å². The topological polar surface area (TPSA) is 101 Å². The summed E-state index contributed by atoms with van der Waals surface area (Å²) in [5.41, 5.74) is 10.7. The van der Waals surface area contributed by atoms with Crippen molar-refractivity contribution in [3.63, 3.8) is 0 Å². The van der Waals surface area contributed by atoms with Crippen LogP contribution in [0.3, 0.4) is 0 Å². The predicted octanol–water partition coefficient (Wildman–Crippen LogP) is -0.759. The van der Waals surface area contributed by atoms with Crippen LogP contribution in [-0.4, -0.2) is 42.5 Å². The van der Waals surface area contributed by atoms with Crippen molar-refractivity contribution in [2.45, 2.75) is 25.8 Å². The van der Waals surface area contributed by atoms with E-state index in [9.17, 15) is 9.59 Å². The van der Waals surface area contributed by atoms with E-state index in [4.69, 9.17) is 11.5 Å². The minimum atomic E-state index is -0.793. The van der Waals surface area contributed by atoms with Crippen molar-refractivity contribution >= 4 is 11.9 Å². The lowest BCUT2D eigenvalue weighted by molar-refractivity contribution is -0.120. The Labute approximate surface area is 95.3 Å². The Balaban J connectivity index is 2.23. The second kappa shape index (κ2) is 5.81. The summed E-state index contributed by atoms with van der Waals surface area (Å²) in [5, 5.41) is 2.05. The molecular weight excluding hydrogens is 208 g/mol. The summed E-state index contributed by atoms with van der Waals surface area (Å²) in [4.78, 5) is 23.8. The van der Waals surface area contributed by atoms with E-state index in [1.807, 2.05) is 0 Å². The van der Waals surface area contributed by atoms with E-state index in [0.29, 0.717) is 18.9 Å². The molecule has 0 aliphatic carbocycles. The average molecular weight is 228 g/mol. The summed E-state index contributed by atoms with van der Waals surface area (Å²) < 4.78 is 0. The number of carbonyl (C=O) groups excluding carboxylic acids is 2. The van der Waals surface area contributed by atoms with E-state index in [2.05, 4.69) is 17.1 Å². The smallest absolute Gasteiger partial charge is 0.318 e. The van der Waals surface area contributed by atoms with Crippen molar-refractivity contribution < 1.29 is 9.59 Å². The van der Waals surface area contributed by atoms with Gasteiger partial charge in [-0.2, -0.15) is 0 Å². The maximum absolute atomic E-state index is 11.2. The van der Waals surface area contributed by atoms with Gasteiger partial charge in [0, 0.05) is 25.6 Å². The number of nitrogens with zero attached hydrogens (tertiary/aromatic N) is 1. The molecule has 0 bridgehead atoms. The third-order valence-corrected chi connectivity index (χ3v) is 2.97. The van der Waals surface area contributed by atoms with E-state index in [-0.39, 0.29) is 11.9 Å². The molecule has 6 heteroatoms. The van der Waals surface area contributed by atoms with Gasteiger partial charge in [0.15, 0.2) is 0 Å². The number of carbonyl (C=O) groups is 2. The number of nitrogens with one attached hydrogen (secondary N) is 1. The van der Waals surface area contributed by atoms with Crippen molar-refractivity contribution in [1.82, 2.24) is 10.2 Å². The summed E-state index contributed by atoms with van der Waals surface area (Å²) >= 11 is 0. The molecule has 1 heterocycles. The van der Waals surface area contributed by atoms with E-state index in [0.717, 1.165) is 19.5 Å². The number of nitrogens with two attached hydrogens (primary N) is 2. The number of hydrogen-bond donors (Lipinski definition) is 3. The summed E-state index contributed by atoms with van der Waals surface area (Å²) in [6.07, 6.45) is 1.25. The molecule has 0 aromatic heterocycles. The molecule has 1 aliphatic heterocycles. The number of primary amides is 1. The normalized spacial score (nSPS) is 26.4. The third-order valence-electron chi connectivity index (χ3n) is 2.97. The number of rotatable bonds is 3. The Kier molecular flexibility index (Phi) is 4.70. The summed E-state index contributed by atoms with van der Waals surface area (Å²) in [5.74, 6) is 0.128. The Bertz CT molecular complexity index is 270. The van der Waals surface area contributed by atoms with Gasteiger partial charge in [0.05, 0.1) is 0 Å². The van der Waals surface area contributed by atoms with Crippen molar-refractivity contribution in [2.24, 2.45) is 17.4 Å². The maximum atomic E-state index is 11.2. The van der Waals surface area contributed by atoms with Gasteiger partial charge in [0.25, 0.3) is 0 Å². The fourth-order valence-corrected chi connectivity index (χ4v) is 1.91. The minimum absolute atomic E-state index is 0.260. The van der Waals surface area contributed by atoms with Crippen molar-refractivity contribution in [2.75, 3.05) is 19.6 Å². The van der Waals surface area contributed by atoms with Gasteiger partial charge in [-0.3, -0.25) is 10.1 Å². The Morgan fingerprint density at radius 2 is 2.19 bits per heavy atom. The van der Waals surface area contributed by atoms with Crippen LogP contribution in [0, 0.1) is 5.92 Å². The summed E-state index contributed by atoms with van der Waals surface area (Å²) in [7, 11) is 0. The van der Waals surface area contributed by atoms with E-state index in [1.54, 1.807) is 0 Å². The maximum Gasteiger partial charge on any atom is 0.318 e. The molecule has 1 fully saturated rings. The first-order chi connectivity index (χ1) is 7.49. The monoisotopic (exact) mass is 228 g/mol. The molecule has 1 saturated heterocycles. The van der Waals surface area contributed by atoms with Crippen LogP contribution in [0.1, 0.15) is 19.8 Å². The molecule has 0 aromatic carbocycles. The van der Waals surface area contributed by atoms with Crippen LogP contribution in [0.5, 0.6) is 0 Å². The first kappa shape index (κ1) is 12.9. The van der Waals surface area contributed by atoms with Crippen LogP contribution >= 0.6 is 0 Å². The Morgan fingerprint density at radius 3 is 2.75 bits per heavy atom. The van der Waals surface area contributed by atoms with Gasteiger partial charge >= 0.3 is 6.03 Å². The van der Waals surface area contributed by atoms with Gasteiger partial charge in [0.1, 0.15) is 0 Å². The van der Waals surface area contributed by atoms with Gasteiger partial charge in [-0.1, -0.05) is 6.92 Å². The van der Waals surface area contributed by atoms with E-state index < -0.39 is 6.03 Å². The highest BCUT2D eigenvalue weighted by Gasteiger charge is 2.23. The van der Waals surface area contributed by atoms with Gasteiger partial charge in [-0.15, -0.1) is 0 Å². The SMILES string of the molecule is CC1CN(CCC(=O)NC(N)=O)CCC1N. The largest absolute Gasteiger partial charge is 0.351 e. The molecule has 6 nitrogen and oxygen atoms in total. The second-order valence-electron chi connectivity index (χ2n) is 4.39. The third kappa shape index (κ3) is 4.16. The molecule has 0 spiro atoms. The van der Waals surface area contributed by atoms with Crippen molar-refractivity contribution in [3.05, 3.63) is 0 Å². The Morgan fingerprint density at radius 1 is 1.50 bits per heavy atom. The van der Waals surface area contributed by atoms with Gasteiger partial charge in [-0.25, -0.2) is 4.79 Å². The first-order valence-corrected chi connectivity index (χ1v) is 5.56. The van der Waals surface area contributed by atoms with Crippen LogP contribution in [0.15, 0.2) is 0 Å². The highest BCUT2D eigenvalue weighted by Crippen LogP contribution is 2.14. The van der Waals surface area contributed by atoms with Crippen molar-refractivity contribution in [3.8, 4) is 0 Å². The molecule has 0 radical (unpaired) electrons. The highest BCUT2D eigenvalue weighted by atomic mass is 16.2. The minimum Gasteiger partial charge on any atom is -0.351 e. The van der Waals surface area contributed by atoms with Gasteiger partial charge in [-0.05, 0) is 18.9 Å². The molecular formula is C10H20N4O2. The quantitative estimate of drug-likeness (QED) is 0.591. The molecule has 3 amide bonds. The number of piperidine rings is 1. The lowest BCUT2D eigenvalue weighted by Gasteiger charge is -2.34. The van der Waals surface area contributed by atoms with E-state index in [1.165, 1.54) is 0 Å². The molecule has 0 saturated carbocycles. The lowest BCUT2D eigenvalue weighted by Crippen LogP contribution is -2.47. The van der Waals surface area contributed by atoms with Gasteiger partial charge < -0.3 is 16.4 Å². The lowest BCUT2D eigenvalue weighted by atomic mass is 9.95. The zero-order valence-corrected chi connectivity index (χ0v) is 9.61. The molecule has 2 unspecified atom stereocenters. The van der Waals surface area contributed by atoms with Crippen LogP contribution in [0.25, 0.3) is 0 Å². The fraction of sp³-hybridized carbons (Fsp3) is 0.800. The van der Waals surface area contributed by atoms with Gasteiger partial charge in [0.2, 0.25) is 5.91 Å². The Hall–Kier alpha value is -1.14. The molecule has 1 rings (SSSR count). The number of hydrogen-bond acceptors (Lipinski definition) is 4. The zero-order chi connectivity index (χ0) is 12.1. The second-order valence-corrected chi connectivity index (χ2v) is 4.39. The highest BCUT2D eigenvalue weighted by molar-refractivity contribution is 5.93. The number of likely N-dealkylation sites (tertiary alicyclic amines) is 1.